The molecule has 0 saturated heterocycles. The number of aromatic hydroxyl groups is 1. The average molecular weight is 401 g/mol. The van der Waals surface area contributed by atoms with E-state index in [2.05, 4.69) is 0 Å². The molecule has 2 heterocycles. The van der Waals surface area contributed by atoms with Crippen LogP contribution in [-0.4, -0.2) is 29.2 Å². The zero-order valence-corrected chi connectivity index (χ0v) is 14.2. The number of fused-ring (bicyclic) bond motifs is 1. The van der Waals surface area contributed by atoms with Crippen molar-refractivity contribution in [3.63, 3.8) is 0 Å². The van der Waals surface area contributed by atoms with Crippen molar-refractivity contribution in [2.45, 2.75) is 11.3 Å². The van der Waals surface area contributed by atoms with Gasteiger partial charge in [-0.3, -0.25) is 9.35 Å². The molecule has 136 valence electrons. The molecule has 0 spiro atoms. The molecule has 0 atom stereocenters. The van der Waals surface area contributed by atoms with Gasteiger partial charge >= 0.3 is 11.6 Å². The van der Waals surface area contributed by atoms with Crippen LogP contribution in [0.15, 0.2) is 42.8 Å². The maximum Gasteiger partial charge on any atom is 0.347 e. The van der Waals surface area contributed by atoms with Crippen LogP contribution in [0.1, 0.15) is 5.76 Å². The second kappa shape index (κ2) is 6.16. The minimum absolute atomic E-state index is 0.0121. The van der Waals surface area contributed by atoms with Gasteiger partial charge in [0.15, 0.2) is 0 Å². The number of carbonyl (C=O) groups is 1. The van der Waals surface area contributed by atoms with E-state index < -0.39 is 38.8 Å². The molecule has 0 aliphatic carbocycles. The van der Waals surface area contributed by atoms with E-state index in [4.69, 9.17) is 25.5 Å². The summed E-state index contributed by atoms with van der Waals surface area (Å²) in [5, 5.41) is 18.7. The Hall–Kier alpha value is -2.82. The first-order chi connectivity index (χ1) is 12.1. The Morgan fingerprint density at radius 1 is 1.15 bits per heavy atom. The molecule has 0 unspecified atom stereocenters. The van der Waals surface area contributed by atoms with E-state index >= 15 is 0 Å². The number of hydrogen-bond acceptors (Lipinski definition) is 7. The number of phenols is 1. The Morgan fingerprint density at radius 2 is 1.85 bits per heavy atom. The molecule has 3 N–H and O–H groups in total. The first kappa shape index (κ1) is 18.0. The predicted octanol–water partition coefficient (Wildman–Crippen LogP) is 2.29. The molecule has 0 bridgehead atoms. The molecule has 2 aromatic heterocycles. The highest BCUT2D eigenvalue weighted by Gasteiger charge is 2.25. The summed E-state index contributed by atoms with van der Waals surface area (Å²) in [6.45, 7) is 0. The van der Waals surface area contributed by atoms with Crippen molar-refractivity contribution in [1.82, 2.24) is 0 Å². The minimum Gasteiger partial charge on any atom is -0.506 e. The van der Waals surface area contributed by atoms with Crippen LogP contribution in [-0.2, 0) is 21.3 Å². The zero-order chi connectivity index (χ0) is 19.2. The maximum absolute atomic E-state index is 12.2. The average Bonchev–Trinajstić information content (AvgIpc) is 2.91. The fourth-order valence-electron chi connectivity index (χ4n) is 2.32. The molecular weight excluding hydrogens is 392 g/mol. The van der Waals surface area contributed by atoms with E-state index in [0.29, 0.717) is 5.39 Å². The highest BCUT2D eigenvalue weighted by Crippen LogP contribution is 2.32. The van der Waals surface area contributed by atoms with E-state index in [0.717, 1.165) is 12.1 Å². The highest BCUT2D eigenvalue weighted by molar-refractivity contribution is 7.85. The lowest BCUT2D eigenvalue weighted by Gasteiger charge is -2.02. The van der Waals surface area contributed by atoms with Crippen LogP contribution in [0.4, 0.5) is 0 Å². The lowest BCUT2D eigenvalue weighted by Crippen LogP contribution is -2.05. The number of phenolic OH excluding ortho intramolecular Hbond substituents is 1. The van der Waals surface area contributed by atoms with Crippen LogP contribution < -0.4 is 5.63 Å². The molecule has 0 fully saturated rings. The third-order valence-electron chi connectivity index (χ3n) is 3.43. The lowest BCUT2D eigenvalue weighted by molar-refractivity contribution is -0.136. The summed E-state index contributed by atoms with van der Waals surface area (Å²) in [4.78, 5) is 22.2. The fraction of sp³-hybridized carbons (Fsp3) is 0.0667. The van der Waals surface area contributed by atoms with E-state index in [1.54, 1.807) is 0 Å². The number of benzene rings is 1. The van der Waals surface area contributed by atoms with Gasteiger partial charge in [0.05, 0.1) is 5.02 Å². The van der Waals surface area contributed by atoms with Crippen LogP contribution in [0.2, 0.25) is 5.02 Å². The van der Waals surface area contributed by atoms with E-state index in [-0.39, 0.29) is 27.7 Å². The summed E-state index contributed by atoms with van der Waals surface area (Å²) < 4.78 is 42.2. The van der Waals surface area contributed by atoms with E-state index in [1.165, 1.54) is 12.1 Å². The van der Waals surface area contributed by atoms with Gasteiger partial charge in [0.1, 0.15) is 39.7 Å². The van der Waals surface area contributed by atoms with Gasteiger partial charge in [-0.05, 0) is 12.1 Å². The van der Waals surface area contributed by atoms with Crippen molar-refractivity contribution in [3.05, 3.63) is 45.5 Å². The third kappa shape index (κ3) is 3.29. The molecule has 0 aliphatic rings. The summed E-state index contributed by atoms with van der Waals surface area (Å²) >= 11 is 5.80. The Balaban J connectivity index is 2.25. The molecule has 0 saturated carbocycles. The van der Waals surface area contributed by atoms with Gasteiger partial charge in [-0.1, -0.05) is 11.6 Å². The van der Waals surface area contributed by atoms with Gasteiger partial charge in [0, 0.05) is 17.5 Å². The van der Waals surface area contributed by atoms with Crippen molar-refractivity contribution in [3.8, 4) is 17.1 Å². The molecule has 1 aromatic carbocycles. The van der Waals surface area contributed by atoms with Gasteiger partial charge < -0.3 is 19.0 Å². The van der Waals surface area contributed by atoms with E-state index in [9.17, 15) is 27.7 Å². The Kier molecular flexibility index (Phi) is 4.26. The second-order valence-corrected chi connectivity index (χ2v) is 7.03. The second-order valence-electron chi connectivity index (χ2n) is 5.23. The van der Waals surface area contributed by atoms with Gasteiger partial charge in [-0.15, -0.1) is 0 Å². The fourth-order valence-corrected chi connectivity index (χ4v) is 3.15. The summed E-state index contributed by atoms with van der Waals surface area (Å²) in [6, 6.07) is 4.53. The monoisotopic (exact) mass is 400 g/mol. The number of carboxylic acids is 1. The summed E-state index contributed by atoms with van der Waals surface area (Å²) in [7, 11) is -4.78. The SMILES string of the molecule is O=C(O)Cc1oc(-c2cc3cc(Cl)c(O)cc3oc2=O)cc1S(=O)(=O)O. The first-order valence-corrected chi connectivity index (χ1v) is 8.67. The topological polar surface area (TPSA) is 155 Å². The van der Waals surface area contributed by atoms with Crippen LogP contribution in [0.25, 0.3) is 22.3 Å². The van der Waals surface area contributed by atoms with Crippen LogP contribution >= 0.6 is 11.6 Å². The maximum atomic E-state index is 12.2. The summed E-state index contributed by atoms with van der Waals surface area (Å²) in [5.41, 5.74) is -1.13. The number of hydrogen-bond donors (Lipinski definition) is 3. The van der Waals surface area contributed by atoms with Crippen molar-refractivity contribution >= 4 is 38.7 Å². The zero-order valence-electron chi connectivity index (χ0n) is 12.6. The van der Waals surface area contributed by atoms with Gasteiger partial charge in [0.2, 0.25) is 0 Å². The smallest absolute Gasteiger partial charge is 0.347 e. The van der Waals surface area contributed by atoms with Crippen molar-refractivity contribution in [2.75, 3.05) is 0 Å². The Bertz CT molecular complexity index is 1200. The van der Waals surface area contributed by atoms with E-state index in [1.807, 2.05) is 0 Å². The van der Waals surface area contributed by atoms with Crippen molar-refractivity contribution in [2.24, 2.45) is 0 Å². The Morgan fingerprint density at radius 3 is 2.46 bits per heavy atom. The predicted molar refractivity (Wildman–Crippen MR) is 88.0 cm³/mol. The normalized spacial score (nSPS) is 11.8. The van der Waals surface area contributed by atoms with Crippen molar-refractivity contribution in [1.29, 1.82) is 0 Å². The molecule has 0 radical (unpaired) electrons. The Labute approximate surface area is 149 Å². The minimum atomic E-state index is -4.78. The molecule has 26 heavy (non-hydrogen) atoms. The number of aliphatic carboxylic acids is 1. The lowest BCUT2D eigenvalue weighted by atomic mass is 10.1. The molecule has 0 amide bonds. The summed E-state index contributed by atoms with van der Waals surface area (Å²) in [5.74, 6) is -2.55. The third-order valence-corrected chi connectivity index (χ3v) is 4.63. The van der Waals surface area contributed by atoms with Crippen LogP contribution in [0.3, 0.4) is 0 Å². The molecule has 3 rings (SSSR count). The molecule has 11 heteroatoms. The number of halogens is 1. The van der Waals surface area contributed by atoms with Gasteiger partial charge in [0.25, 0.3) is 10.1 Å². The highest BCUT2D eigenvalue weighted by atomic mass is 35.5. The van der Waals surface area contributed by atoms with Crippen LogP contribution in [0.5, 0.6) is 5.75 Å². The quantitative estimate of drug-likeness (QED) is 0.441. The molecule has 9 nitrogen and oxygen atoms in total. The number of rotatable bonds is 4. The standard InChI is InChI=1S/C15H9ClO9S/c16-8-2-6-1-7(15(20)25-10(6)3-9(8)17)11-4-13(26(21,22)23)12(24-11)5-14(18)19/h1-4,17H,5H2,(H,18,19)(H,21,22,23). The first-order valence-electron chi connectivity index (χ1n) is 6.85. The summed E-state index contributed by atoms with van der Waals surface area (Å²) in [6.07, 6.45) is -0.826. The van der Waals surface area contributed by atoms with Gasteiger partial charge in [-0.2, -0.15) is 8.42 Å². The molecule has 3 aromatic rings. The molecular formula is C15H9ClO9S. The van der Waals surface area contributed by atoms with Gasteiger partial charge in [-0.25, -0.2) is 4.79 Å². The van der Waals surface area contributed by atoms with Crippen molar-refractivity contribution < 1.29 is 36.8 Å². The number of furan rings is 1. The molecule has 0 aliphatic heterocycles. The largest absolute Gasteiger partial charge is 0.506 e. The van der Waals surface area contributed by atoms with Crippen LogP contribution in [0, 0.1) is 0 Å². The number of carboxylic acid groups (broad SMARTS) is 1.